The molecule has 0 aromatic heterocycles. The van der Waals surface area contributed by atoms with E-state index >= 15 is 0 Å². The molecule has 3 heteroatoms. The largest absolute Gasteiger partial charge is 0.376 e. The van der Waals surface area contributed by atoms with Gasteiger partial charge in [-0.1, -0.05) is 41.9 Å². The molecule has 0 saturated heterocycles. The van der Waals surface area contributed by atoms with E-state index in [1.807, 2.05) is 0 Å². The van der Waals surface area contributed by atoms with Crippen molar-refractivity contribution in [1.82, 2.24) is 0 Å². The first-order valence-electron chi connectivity index (χ1n) is 6.07. The molecular formula is C12H23IO2. The first kappa shape index (κ1) is 13.7. The molecule has 1 aliphatic carbocycles. The summed E-state index contributed by atoms with van der Waals surface area (Å²) in [5.74, 6) is 0. The summed E-state index contributed by atoms with van der Waals surface area (Å²) in [6.07, 6.45) is 7.40. The maximum atomic E-state index is 5.89. The van der Waals surface area contributed by atoms with Gasteiger partial charge in [0.15, 0.2) is 0 Å². The minimum Gasteiger partial charge on any atom is -0.376 e. The van der Waals surface area contributed by atoms with Crippen LogP contribution in [0.3, 0.4) is 0 Å². The molecule has 0 aromatic carbocycles. The number of hydrogen-bond acceptors (Lipinski definition) is 2. The summed E-state index contributed by atoms with van der Waals surface area (Å²) in [7, 11) is 0. The first-order valence-corrected chi connectivity index (χ1v) is 7.32. The molecule has 2 unspecified atom stereocenters. The molecule has 1 aliphatic rings. The topological polar surface area (TPSA) is 18.5 Å². The van der Waals surface area contributed by atoms with Crippen LogP contribution in [0.1, 0.15) is 46.0 Å². The monoisotopic (exact) mass is 326 g/mol. The summed E-state index contributed by atoms with van der Waals surface area (Å²) in [5, 5.41) is 0. The Morgan fingerprint density at radius 1 is 1.13 bits per heavy atom. The van der Waals surface area contributed by atoms with Crippen LogP contribution >= 0.6 is 22.6 Å². The second kappa shape index (κ2) is 7.85. The summed E-state index contributed by atoms with van der Waals surface area (Å²) >= 11 is 2.54. The molecular weight excluding hydrogens is 303 g/mol. The maximum absolute atomic E-state index is 5.89. The smallest absolute Gasteiger partial charge is 0.0704 e. The Bertz CT molecular complexity index is 162. The lowest BCUT2D eigenvalue weighted by Gasteiger charge is -2.20. The van der Waals surface area contributed by atoms with Gasteiger partial charge in [-0.25, -0.2) is 0 Å². The molecule has 15 heavy (non-hydrogen) atoms. The Morgan fingerprint density at radius 2 is 1.87 bits per heavy atom. The highest BCUT2D eigenvalue weighted by atomic mass is 127. The normalized spacial score (nSPS) is 28.0. The number of halogens is 1. The molecule has 1 saturated carbocycles. The van der Waals surface area contributed by atoms with Crippen molar-refractivity contribution in [2.45, 2.75) is 62.1 Å². The third kappa shape index (κ3) is 6.07. The highest BCUT2D eigenvalue weighted by Crippen LogP contribution is 2.26. The third-order valence-corrected chi connectivity index (χ3v) is 4.16. The van der Waals surface area contributed by atoms with Gasteiger partial charge in [-0.3, -0.25) is 0 Å². The van der Waals surface area contributed by atoms with Gasteiger partial charge >= 0.3 is 0 Å². The average molecular weight is 326 g/mol. The van der Waals surface area contributed by atoms with Crippen molar-refractivity contribution in [3.63, 3.8) is 0 Å². The van der Waals surface area contributed by atoms with E-state index in [0.717, 1.165) is 13.2 Å². The van der Waals surface area contributed by atoms with E-state index in [1.54, 1.807) is 0 Å². The van der Waals surface area contributed by atoms with Crippen LogP contribution in [0.15, 0.2) is 0 Å². The molecule has 0 amide bonds. The molecule has 2 nitrogen and oxygen atoms in total. The second-order valence-electron chi connectivity index (χ2n) is 4.48. The van der Waals surface area contributed by atoms with Crippen molar-refractivity contribution >= 4 is 22.6 Å². The van der Waals surface area contributed by atoms with Crippen molar-refractivity contribution in [2.75, 3.05) is 13.2 Å². The maximum Gasteiger partial charge on any atom is 0.0704 e. The number of ether oxygens (including phenoxy) is 2. The molecule has 1 fully saturated rings. The molecule has 0 aromatic rings. The second-order valence-corrected chi connectivity index (χ2v) is 6.08. The van der Waals surface area contributed by atoms with Crippen LogP contribution in [0.5, 0.6) is 0 Å². The minimum absolute atomic E-state index is 0.318. The molecule has 0 spiro atoms. The zero-order chi connectivity index (χ0) is 11.1. The van der Waals surface area contributed by atoms with Crippen LogP contribution in [0, 0.1) is 0 Å². The van der Waals surface area contributed by atoms with Gasteiger partial charge in [-0.2, -0.15) is 0 Å². The Morgan fingerprint density at radius 3 is 2.60 bits per heavy atom. The predicted molar refractivity (Wildman–Crippen MR) is 71.7 cm³/mol. The van der Waals surface area contributed by atoms with Crippen LogP contribution in [-0.2, 0) is 9.47 Å². The molecule has 1 rings (SSSR count). The fourth-order valence-corrected chi connectivity index (χ4v) is 2.91. The Hall–Kier alpha value is 0.650. The van der Waals surface area contributed by atoms with Gasteiger partial charge in [0.25, 0.3) is 0 Å². The van der Waals surface area contributed by atoms with Crippen LogP contribution in [0.4, 0.5) is 0 Å². The summed E-state index contributed by atoms with van der Waals surface area (Å²) in [5.41, 5.74) is 0. The van der Waals surface area contributed by atoms with Gasteiger partial charge < -0.3 is 9.47 Å². The fraction of sp³-hybridized carbons (Fsp3) is 1.00. The zero-order valence-corrected chi connectivity index (χ0v) is 12.0. The van der Waals surface area contributed by atoms with E-state index in [-0.39, 0.29) is 0 Å². The predicted octanol–water partition coefficient (Wildman–Crippen LogP) is 3.56. The molecule has 0 aliphatic heterocycles. The molecule has 90 valence electrons. The standard InChI is InChI=1S/C12H23IO2/c1-10(2)14-8-9-15-12-7-5-3-4-6-11(12)13/h10-12H,3-9H2,1-2H3. The van der Waals surface area contributed by atoms with Crippen molar-refractivity contribution < 1.29 is 9.47 Å². The van der Waals surface area contributed by atoms with E-state index in [1.165, 1.54) is 32.1 Å². The van der Waals surface area contributed by atoms with Crippen molar-refractivity contribution in [1.29, 1.82) is 0 Å². The third-order valence-electron chi connectivity index (χ3n) is 2.74. The lowest BCUT2D eigenvalue weighted by atomic mass is 10.1. The SMILES string of the molecule is CC(C)OCCOC1CCCCCC1I. The first-order chi connectivity index (χ1) is 7.20. The highest BCUT2D eigenvalue weighted by molar-refractivity contribution is 14.1. The lowest BCUT2D eigenvalue weighted by Crippen LogP contribution is -2.25. The zero-order valence-electron chi connectivity index (χ0n) is 9.88. The van der Waals surface area contributed by atoms with Gasteiger partial charge in [-0.05, 0) is 26.7 Å². The molecule has 0 radical (unpaired) electrons. The van der Waals surface area contributed by atoms with Crippen LogP contribution in [0.2, 0.25) is 0 Å². The van der Waals surface area contributed by atoms with E-state index < -0.39 is 0 Å². The molecule has 0 bridgehead atoms. The summed E-state index contributed by atoms with van der Waals surface area (Å²) < 4.78 is 12.1. The molecule has 2 atom stereocenters. The van der Waals surface area contributed by atoms with E-state index in [0.29, 0.717) is 16.1 Å². The van der Waals surface area contributed by atoms with Gasteiger partial charge in [0.05, 0.1) is 25.4 Å². The quantitative estimate of drug-likeness (QED) is 0.333. The van der Waals surface area contributed by atoms with Gasteiger partial charge in [0.2, 0.25) is 0 Å². The van der Waals surface area contributed by atoms with Crippen molar-refractivity contribution in [2.24, 2.45) is 0 Å². The minimum atomic E-state index is 0.318. The van der Waals surface area contributed by atoms with Crippen LogP contribution in [-0.4, -0.2) is 29.3 Å². The van der Waals surface area contributed by atoms with E-state index in [9.17, 15) is 0 Å². The Kier molecular flexibility index (Phi) is 7.17. The number of alkyl halides is 1. The highest BCUT2D eigenvalue weighted by Gasteiger charge is 2.21. The Balaban J connectivity index is 2.12. The summed E-state index contributed by atoms with van der Waals surface area (Å²) in [4.78, 5) is 0. The number of hydrogen-bond donors (Lipinski definition) is 0. The van der Waals surface area contributed by atoms with Crippen LogP contribution in [0.25, 0.3) is 0 Å². The summed E-state index contributed by atoms with van der Waals surface area (Å²) in [6, 6.07) is 0. The van der Waals surface area contributed by atoms with E-state index in [4.69, 9.17) is 9.47 Å². The molecule has 0 N–H and O–H groups in total. The van der Waals surface area contributed by atoms with Gasteiger partial charge in [-0.15, -0.1) is 0 Å². The van der Waals surface area contributed by atoms with Gasteiger partial charge in [0, 0.05) is 3.92 Å². The average Bonchev–Trinajstić information content (AvgIpc) is 2.38. The van der Waals surface area contributed by atoms with Gasteiger partial charge in [0.1, 0.15) is 0 Å². The Labute approximate surface area is 107 Å². The number of rotatable bonds is 5. The van der Waals surface area contributed by atoms with Crippen molar-refractivity contribution in [3.05, 3.63) is 0 Å². The fourth-order valence-electron chi connectivity index (χ4n) is 1.90. The van der Waals surface area contributed by atoms with Crippen molar-refractivity contribution in [3.8, 4) is 0 Å². The molecule has 0 heterocycles. The van der Waals surface area contributed by atoms with Crippen LogP contribution < -0.4 is 0 Å². The lowest BCUT2D eigenvalue weighted by molar-refractivity contribution is -0.0135. The summed E-state index contributed by atoms with van der Waals surface area (Å²) in [6.45, 7) is 5.61. The van der Waals surface area contributed by atoms with E-state index in [2.05, 4.69) is 36.4 Å².